The van der Waals surface area contributed by atoms with Crippen LogP contribution in [0.15, 0.2) is 36.5 Å². The van der Waals surface area contributed by atoms with Crippen molar-refractivity contribution in [3.05, 3.63) is 59.4 Å². The molecule has 2 rings (SSSR count). The van der Waals surface area contributed by atoms with Gasteiger partial charge in [0, 0.05) is 24.8 Å². The van der Waals surface area contributed by atoms with Crippen LogP contribution >= 0.6 is 0 Å². The van der Waals surface area contributed by atoms with Crippen LogP contribution in [-0.4, -0.2) is 10.2 Å². The summed E-state index contributed by atoms with van der Waals surface area (Å²) >= 11 is 0. The molecule has 88 valence electrons. The van der Waals surface area contributed by atoms with Crippen molar-refractivity contribution in [2.75, 3.05) is 0 Å². The first-order chi connectivity index (χ1) is 8.27. The average molecular weight is 235 g/mol. The SMILES string of the molecule is Fc1cccc(CNCc2cccnn2)c1F. The molecule has 0 atom stereocenters. The van der Waals surface area contributed by atoms with E-state index in [9.17, 15) is 8.78 Å². The van der Waals surface area contributed by atoms with E-state index in [2.05, 4.69) is 15.5 Å². The Balaban J connectivity index is 1.93. The first-order valence-corrected chi connectivity index (χ1v) is 5.17. The molecule has 1 aromatic heterocycles. The van der Waals surface area contributed by atoms with Gasteiger partial charge in [0.1, 0.15) is 0 Å². The van der Waals surface area contributed by atoms with Crippen LogP contribution in [0.5, 0.6) is 0 Å². The lowest BCUT2D eigenvalue weighted by Crippen LogP contribution is -2.15. The molecule has 5 heteroatoms. The molecular weight excluding hydrogens is 224 g/mol. The van der Waals surface area contributed by atoms with Crippen LogP contribution in [0.25, 0.3) is 0 Å². The molecule has 2 aromatic rings. The van der Waals surface area contributed by atoms with E-state index in [1.54, 1.807) is 18.3 Å². The number of rotatable bonds is 4. The molecule has 0 radical (unpaired) electrons. The van der Waals surface area contributed by atoms with Crippen LogP contribution in [0.3, 0.4) is 0 Å². The summed E-state index contributed by atoms with van der Waals surface area (Å²) in [6, 6.07) is 7.70. The summed E-state index contributed by atoms with van der Waals surface area (Å²) in [5.74, 6) is -1.64. The summed E-state index contributed by atoms with van der Waals surface area (Å²) < 4.78 is 26.2. The second-order valence-electron chi connectivity index (χ2n) is 3.53. The van der Waals surface area contributed by atoms with Gasteiger partial charge in [-0.25, -0.2) is 8.78 Å². The molecule has 0 aliphatic rings. The molecule has 1 aromatic carbocycles. The van der Waals surface area contributed by atoms with Crippen LogP contribution in [0.4, 0.5) is 8.78 Å². The van der Waals surface area contributed by atoms with Gasteiger partial charge in [0.25, 0.3) is 0 Å². The predicted octanol–water partition coefficient (Wildman–Crippen LogP) is 2.04. The Kier molecular flexibility index (Phi) is 3.72. The van der Waals surface area contributed by atoms with E-state index < -0.39 is 11.6 Å². The number of hydrogen-bond acceptors (Lipinski definition) is 3. The fraction of sp³-hybridized carbons (Fsp3) is 0.167. The van der Waals surface area contributed by atoms with Gasteiger partial charge >= 0.3 is 0 Å². The minimum atomic E-state index is -0.830. The molecule has 0 spiro atoms. The second kappa shape index (κ2) is 5.45. The molecule has 1 heterocycles. The van der Waals surface area contributed by atoms with Crippen LogP contribution in [-0.2, 0) is 13.1 Å². The highest BCUT2D eigenvalue weighted by Gasteiger charge is 2.06. The maximum absolute atomic E-state index is 13.3. The Bertz CT molecular complexity index is 488. The monoisotopic (exact) mass is 235 g/mol. The van der Waals surface area contributed by atoms with Gasteiger partial charge in [0.15, 0.2) is 11.6 Å². The lowest BCUT2D eigenvalue weighted by molar-refractivity contribution is 0.492. The molecule has 0 bridgehead atoms. The lowest BCUT2D eigenvalue weighted by Gasteiger charge is -2.05. The average Bonchev–Trinajstić information content (AvgIpc) is 2.36. The highest BCUT2D eigenvalue weighted by molar-refractivity contribution is 5.18. The largest absolute Gasteiger partial charge is 0.307 e. The molecular formula is C12H11F2N3. The van der Waals surface area contributed by atoms with E-state index in [4.69, 9.17) is 0 Å². The quantitative estimate of drug-likeness (QED) is 0.881. The third-order valence-electron chi connectivity index (χ3n) is 2.28. The summed E-state index contributed by atoms with van der Waals surface area (Å²) in [5, 5.41) is 10.6. The summed E-state index contributed by atoms with van der Waals surface area (Å²) in [5.41, 5.74) is 1.05. The molecule has 0 unspecified atom stereocenters. The molecule has 1 N–H and O–H groups in total. The van der Waals surface area contributed by atoms with E-state index in [1.165, 1.54) is 6.07 Å². The van der Waals surface area contributed by atoms with Gasteiger partial charge in [-0.1, -0.05) is 12.1 Å². The van der Waals surface area contributed by atoms with Gasteiger partial charge < -0.3 is 5.32 Å². The van der Waals surface area contributed by atoms with Crippen molar-refractivity contribution in [2.45, 2.75) is 13.1 Å². The molecule has 0 aliphatic carbocycles. The van der Waals surface area contributed by atoms with Gasteiger partial charge in [-0.05, 0) is 18.2 Å². The van der Waals surface area contributed by atoms with E-state index in [1.807, 2.05) is 6.07 Å². The Morgan fingerprint density at radius 1 is 1.06 bits per heavy atom. The van der Waals surface area contributed by atoms with Crippen molar-refractivity contribution >= 4 is 0 Å². The fourth-order valence-electron chi connectivity index (χ4n) is 1.44. The number of aromatic nitrogens is 2. The minimum absolute atomic E-state index is 0.250. The van der Waals surface area contributed by atoms with E-state index in [-0.39, 0.29) is 6.54 Å². The predicted molar refractivity (Wildman–Crippen MR) is 58.9 cm³/mol. The van der Waals surface area contributed by atoms with Gasteiger partial charge in [-0.2, -0.15) is 10.2 Å². The van der Waals surface area contributed by atoms with Crippen molar-refractivity contribution in [3.63, 3.8) is 0 Å². The number of benzene rings is 1. The van der Waals surface area contributed by atoms with Gasteiger partial charge in [-0.15, -0.1) is 0 Å². The highest BCUT2D eigenvalue weighted by atomic mass is 19.2. The zero-order valence-electron chi connectivity index (χ0n) is 9.03. The molecule has 0 fully saturated rings. The normalized spacial score (nSPS) is 10.5. The second-order valence-corrected chi connectivity index (χ2v) is 3.53. The molecule has 0 saturated heterocycles. The fourth-order valence-corrected chi connectivity index (χ4v) is 1.44. The molecule has 0 aliphatic heterocycles. The van der Waals surface area contributed by atoms with Crippen molar-refractivity contribution in [3.8, 4) is 0 Å². The molecule has 17 heavy (non-hydrogen) atoms. The van der Waals surface area contributed by atoms with Crippen LogP contribution < -0.4 is 5.32 Å². The van der Waals surface area contributed by atoms with Crippen molar-refractivity contribution in [1.82, 2.24) is 15.5 Å². The number of hydrogen-bond donors (Lipinski definition) is 1. The van der Waals surface area contributed by atoms with Gasteiger partial charge in [0.05, 0.1) is 5.69 Å². The smallest absolute Gasteiger partial charge is 0.163 e. The van der Waals surface area contributed by atoms with Crippen LogP contribution in [0, 0.1) is 11.6 Å². The number of nitrogens with zero attached hydrogens (tertiary/aromatic N) is 2. The third kappa shape index (κ3) is 3.04. The maximum Gasteiger partial charge on any atom is 0.163 e. The highest BCUT2D eigenvalue weighted by Crippen LogP contribution is 2.10. The first kappa shape index (κ1) is 11.6. The van der Waals surface area contributed by atoms with E-state index in [0.29, 0.717) is 12.1 Å². The Morgan fingerprint density at radius 3 is 2.71 bits per heavy atom. The Labute approximate surface area is 97.5 Å². The van der Waals surface area contributed by atoms with E-state index >= 15 is 0 Å². The summed E-state index contributed by atoms with van der Waals surface area (Å²) in [6.45, 7) is 0.712. The summed E-state index contributed by atoms with van der Waals surface area (Å²) in [7, 11) is 0. The van der Waals surface area contributed by atoms with Gasteiger partial charge in [0.2, 0.25) is 0 Å². The van der Waals surface area contributed by atoms with Crippen molar-refractivity contribution < 1.29 is 8.78 Å². The van der Waals surface area contributed by atoms with Crippen molar-refractivity contribution in [2.24, 2.45) is 0 Å². The lowest BCUT2D eigenvalue weighted by atomic mass is 10.2. The Hall–Kier alpha value is -1.88. The minimum Gasteiger partial charge on any atom is -0.307 e. The van der Waals surface area contributed by atoms with Crippen molar-refractivity contribution in [1.29, 1.82) is 0 Å². The Morgan fingerprint density at radius 2 is 1.94 bits per heavy atom. The zero-order chi connectivity index (χ0) is 12.1. The number of nitrogens with one attached hydrogen (secondary N) is 1. The van der Waals surface area contributed by atoms with Gasteiger partial charge in [-0.3, -0.25) is 0 Å². The molecule has 3 nitrogen and oxygen atoms in total. The molecule has 0 saturated carbocycles. The maximum atomic E-state index is 13.3. The van der Waals surface area contributed by atoms with Crippen LogP contribution in [0.2, 0.25) is 0 Å². The van der Waals surface area contributed by atoms with Crippen LogP contribution in [0.1, 0.15) is 11.3 Å². The van der Waals surface area contributed by atoms with E-state index in [0.717, 1.165) is 11.8 Å². The molecule has 0 amide bonds. The summed E-state index contributed by atoms with van der Waals surface area (Å²) in [4.78, 5) is 0. The topological polar surface area (TPSA) is 37.8 Å². The summed E-state index contributed by atoms with van der Waals surface area (Å²) in [6.07, 6.45) is 1.58. The standard InChI is InChI=1S/C12H11F2N3/c13-11-5-1-3-9(12(11)14)7-15-8-10-4-2-6-16-17-10/h1-6,15H,7-8H2. The zero-order valence-corrected chi connectivity index (χ0v) is 9.03. The third-order valence-corrected chi connectivity index (χ3v) is 2.28. The number of halogens is 2. The first-order valence-electron chi connectivity index (χ1n) is 5.17.